The fraction of sp³-hybridized carbons (Fsp3) is 0.115. The number of benzene rings is 2. The average molecular weight is 468 g/mol. The zero-order valence-corrected chi connectivity index (χ0v) is 19.2. The van der Waals surface area contributed by atoms with Gasteiger partial charge in [0.05, 0.1) is 29.8 Å². The Morgan fingerprint density at radius 1 is 0.971 bits per heavy atom. The maximum Gasteiger partial charge on any atom is 0.262 e. The zero-order valence-electron chi connectivity index (χ0n) is 18.4. The molecule has 0 aliphatic carbocycles. The van der Waals surface area contributed by atoms with E-state index in [1.807, 2.05) is 66.9 Å². The largest absolute Gasteiger partial charge is 0.323 e. The highest BCUT2D eigenvalue weighted by Gasteiger charge is 2.14. The maximum atomic E-state index is 13.2. The van der Waals surface area contributed by atoms with Crippen LogP contribution < -0.4 is 10.9 Å². The normalized spacial score (nSPS) is 11.0. The summed E-state index contributed by atoms with van der Waals surface area (Å²) in [5.74, 6) is 0.358. The topological polar surface area (TPSA) is 89.8 Å². The lowest BCUT2D eigenvalue weighted by atomic mass is 10.1. The number of thiophene rings is 1. The van der Waals surface area contributed by atoms with Gasteiger partial charge in [-0.2, -0.15) is 0 Å². The summed E-state index contributed by atoms with van der Waals surface area (Å²) in [7, 11) is 0. The monoisotopic (exact) mass is 467 g/mol. The van der Waals surface area contributed by atoms with E-state index in [4.69, 9.17) is 0 Å². The van der Waals surface area contributed by atoms with Gasteiger partial charge in [0.15, 0.2) is 5.82 Å². The first-order valence-electron chi connectivity index (χ1n) is 10.8. The number of anilines is 1. The van der Waals surface area contributed by atoms with Crippen LogP contribution in [0.3, 0.4) is 0 Å². The van der Waals surface area contributed by atoms with Gasteiger partial charge < -0.3 is 5.32 Å². The Labute approximate surface area is 199 Å². The molecule has 0 atom stereocenters. The van der Waals surface area contributed by atoms with Gasteiger partial charge >= 0.3 is 0 Å². The third-order valence-electron chi connectivity index (χ3n) is 5.47. The highest BCUT2D eigenvalue weighted by molar-refractivity contribution is 7.17. The van der Waals surface area contributed by atoms with Crippen LogP contribution in [0.4, 0.5) is 5.69 Å². The predicted molar refractivity (Wildman–Crippen MR) is 135 cm³/mol. The van der Waals surface area contributed by atoms with Crippen molar-refractivity contribution in [1.82, 2.24) is 19.5 Å². The van der Waals surface area contributed by atoms with Crippen LogP contribution in [0.2, 0.25) is 0 Å². The molecule has 0 aliphatic heterocycles. The van der Waals surface area contributed by atoms with E-state index in [0.717, 1.165) is 22.3 Å². The molecule has 0 unspecified atom stereocenters. The first kappa shape index (κ1) is 21.7. The number of aromatic nitrogens is 4. The molecule has 7 nitrogen and oxygen atoms in total. The van der Waals surface area contributed by atoms with Crippen molar-refractivity contribution in [2.75, 3.05) is 5.32 Å². The fourth-order valence-corrected chi connectivity index (χ4v) is 4.55. The third kappa shape index (κ3) is 4.49. The van der Waals surface area contributed by atoms with Gasteiger partial charge in [0.25, 0.3) is 5.56 Å². The number of aryl methyl sites for hydroxylation is 2. The lowest BCUT2D eigenvalue weighted by Crippen LogP contribution is -2.23. The Hall–Kier alpha value is -4.17. The summed E-state index contributed by atoms with van der Waals surface area (Å²) in [6.07, 6.45) is 4.78. The van der Waals surface area contributed by atoms with Crippen molar-refractivity contribution in [3.63, 3.8) is 0 Å². The lowest BCUT2D eigenvalue weighted by Gasteiger charge is -2.08. The predicted octanol–water partition coefficient (Wildman–Crippen LogP) is 4.92. The number of nitrogens with one attached hydrogen (secondary N) is 1. The molecule has 0 fully saturated rings. The molecular formula is C26H21N5O2S. The van der Waals surface area contributed by atoms with Crippen LogP contribution in [0.25, 0.3) is 32.7 Å². The first-order chi connectivity index (χ1) is 16.6. The molecular weight excluding hydrogens is 446 g/mol. The van der Waals surface area contributed by atoms with Crippen LogP contribution in [-0.4, -0.2) is 25.4 Å². The molecule has 1 N–H and O–H groups in total. The quantitative estimate of drug-likeness (QED) is 0.383. The Balaban J connectivity index is 1.29. The highest BCUT2D eigenvalue weighted by atomic mass is 32.1. The van der Waals surface area contributed by atoms with E-state index in [9.17, 15) is 9.59 Å². The van der Waals surface area contributed by atoms with Gasteiger partial charge in [0, 0.05) is 29.5 Å². The van der Waals surface area contributed by atoms with E-state index >= 15 is 0 Å². The summed E-state index contributed by atoms with van der Waals surface area (Å²) in [6.45, 7) is 2.25. The molecule has 34 heavy (non-hydrogen) atoms. The van der Waals surface area contributed by atoms with Crippen LogP contribution in [0.1, 0.15) is 12.0 Å². The number of carbonyl (C=O) groups excluding carboxylic acids is 1. The number of hydrogen-bond acceptors (Lipinski definition) is 6. The van der Waals surface area contributed by atoms with Crippen LogP contribution >= 0.6 is 11.3 Å². The maximum absolute atomic E-state index is 13.2. The van der Waals surface area contributed by atoms with Gasteiger partial charge in [-0.1, -0.05) is 60.2 Å². The van der Waals surface area contributed by atoms with E-state index in [1.165, 1.54) is 22.2 Å². The van der Waals surface area contributed by atoms with Gasteiger partial charge in [-0.15, -0.1) is 11.3 Å². The molecule has 5 rings (SSSR count). The lowest BCUT2D eigenvalue weighted by molar-refractivity contribution is -0.116. The summed E-state index contributed by atoms with van der Waals surface area (Å²) >= 11 is 1.44. The van der Waals surface area contributed by atoms with E-state index in [0.29, 0.717) is 21.7 Å². The zero-order chi connectivity index (χ0) is 23.5. The minimum atomic E-state index is -0.230. The number of carbonyl (C=O) groups is 1. The first-order valence-corrected chi connectivity index (χ1v) is 11.7. The minimum Gasteiger partial charge on any atom is -0.323 e. The standard InChI is InChI=1S/C26H21N5O2S/c1-17-7-9-18(10-8-17)21-15-34-25-23(21)26(33)31(16-29-25)12-11-22(32)30-20-13-27-24(28-14-20)19-5-3-2-4-6-19/h2-10,13-16H,11-12H2,1H3,(H,30,32). The van der Waals surface area contributed by atoms with Crippen molar-refractivity contribution >= 4 is 33.1 Å². The van der Waals surface area contributed by atoms with E-state index in [1.54, 1.807) is 12.4 Å². The molecule has 0 spiro atoms. The number of fused-ring (bicyclic) bond motifs is 1. The Morgan fingerprint density at radius 2 is 1.71 bits per heavy atom. The van der Waals surface area contributed by atoms with Gasteiger partial charge in [-0.05, 0) is 12.5 Å². The summed E-state index contributed by atoms with van der Waals surface area (Å²) in [6, 6.07) is 17.7. The second-order valence-corrected chi connectivity index (χ2v) is 8.76. The number of hydrogen-bond donors (Lipinski definition) is 1. The van der Waals surface area contributed by atoms with Gasteiger partial charge in [0.2, 0.25) is 5.91 Å². The van der Waals surface area contributed by atoms with Crippen molar-refractivity contribution in [3.05, 3.63) is 94.6 Å². The van der Waals surface area contributed by atoms with Gasteiger partial charge in [-0.25, -0.2) is 15.0 Å². The average Bonchev–Trinajstić information content (AvgIpc) is 3.30. The summed E-state index contributed by atoms with van der Waals surface area (Å²) < 4.78 is 1.49. The van der Waals surface area contributed by atoms with Crippen molar-refractivity contribution in [2.24, 2.45) is 0 Å². The van der Waals surface area contributed by atoms with Crippen LogP contribution in [-0.2, 0) is 11.3 Å². The van der Waals surface area contributed by atoms with Crippen molar-refractivity contribution in [2.45, 2.75) is 19.9 Å². The van der Waals surface area contributed by atoms with Crippen LogP contribution in [0.15, 0.2) is 83.5 Å². The Bertz CT molecular complexity index is 1510. The Morgan fingerprint density at radius 3 is 2.44 bits per heavy atom. The molecule has 0 saturated carbocycles. The van der Waals surface area contributed by atoms with Crippen molar-refractivity contribution in [3.8, 4) is 22.5 Å². The SMILES string of the molecule is Cc1ccc(-c2csc3ncn(CCC(=O)Nc4cnc(-c5ccccc5)nc4)c(=O)c23)cc1. The van der Waals surface area contributed by atoms with Gasteiger partial charge in [-0.3, -0.25) is 14.2 Å². The van der Waals surface area contributed by atoms with Crippen molar-refractivity contribution in [1.29, 1.82) is 0 Å². The van der Waals surface area contributed by atoms with E-state index in [2.05, 4.69) is 20.3 Å². The molecule has 8 heteroatoms. The molecule has 3 heterocycles. The second-order valence-electron chi connectivity index (χ2n) is 7.90. The molecule has 5 aromatic rings. The summed E-state index contributed by atoms with van der Waals surface area (Å²) in [4.78, 5) is 39.4. The number of amides is 1. The molecule has 0 bridgehead atoms. The van der Waals surface area contributed by atoms with Gasteiger partial charge in [0.1, 0.15) is 4.83 Å². The molecule has 2 aromatic carbocycles. The highest BCUT2D eigenvalue weighted by Crippen LogP contribution is 2.30. The number of rotatable bonds is 6. The second kappa shape index (κ2) is 9.36. The molecule has 0 aliphatic rings. The van der Waals surface area contributed by atoms with Crippen molar-refractivity contribution < 1.29 is 4.79 Å². The molecule has 168 valence electrons. The summed E-state index contributed by atoms with van der Waals surface area (Å²) in [5, 5.41) is 5.33. The van der Waals surface area contributed by atoms with Crippen LogP contribution in [0.5, 0.6) is 0 Å². The molecule has 3 aromatic heterocycles. The molecule has 1 amide bonds. The molecule has 0 saturated heterocycles. The summed E-state index contributed by atoms with van der Waals surface area (Å²) in [5.41, 5.74) is 4.26. The molecule has 0 radical (unpaired) electrons. The number of nitrogens with zero attached hydrogens (tertiary/aromatic N) is 4. The Kier molecular flexibility index (Phi) is 5.97. The van der Waals surface area contributed by atoms with E-state index < -0.39 is 0 Å². The third-order valence-corrected chi connectivity index (χ3v) is 6.36. The minimum absolute atomic E-state index is 0.123. The van der Waals surface area contributed by atoms with E-state index in [-0.39, 0.29) is 24.4 Å². The van der Waals surface area contributed by atoms with Crippen LogP contribution in [0, 0.1) is 6.92 Å². The fourth-order valence-electron chi connectivity index (χ4n) is 3.65. The smallest absolute Gasteiger partial charge is 0.262 e.